The molecule has 1 amide bonds. The second kappa shape index (κ2) is 5.52. The van der Waals surface area contributed by atoms with Crippen LogP contribution in [0.25, 0.3) is 0 Å². The number of hydrogen-bond donors (Lipinski definition) is 2. The van der Waals surface area contributed by atoms with Crippen molar-refractivity contribution in [2.24, 2.45) is 0 Å². The molecule has 1 aromatic heterocycles. The lowest BCUT2D eigenvalue weighted by molar-refractivity contribution is -0.117. The number of carbonyl (C=O) groups excluding carboxylic acids is 1. The van der Waals surface area contributed by atoms with Gasteiger partial charge in [0.15, 0.2) is 0 Å². The van der Waals surface area contributed by atoms with Gasteiger partial charge >= 0.3 is 5.69 Å². The first-order chi connectivity index (χ1) is 10.1. The van der Waals surface area contributed by atoms with Crippen LogP contribution in [0.4, 0.5) is 5.82 Å². The maximum absolute atomic E-state index is 12.5. The van der Waals surface area contributed by atoms with E-state index in [1.807, 2.05) is 18.2 Å². The molecule has 21 heavy (non-hydrogen) atoms. The molecule has 1 aliphatic carbocycles. The lowest BCUT2D eigenvalue weighted by Gasteiger charge is -2.24. The van der Waals surface area contributed by atoms with E-state index in [0.29, 0.717) is 11.5 Å². The molecule has 5 heteroatoms. The largest absolute Gasteiger partial charge is 0.347 e. The van der Waals surface area contributed by atoms with Gasteiger partial charge in [-0.2, -0.15) is 4.98 Å². The number of amides is 1. The Morgan fingerprint density at radius 1 is 1.38 bits per heavy atom. The molecule has 108 valence electrons. The number of rotatable bonds is 2. The van der Waals surface area contributed by atoms with Crippen LogP contribution < -0.4 is 11.0 Å². The highest BCUT2D eigenvalue weighted by Gasteiger charge is 2.26. The molecular weight excluding hydrogens is 266 g/mol. The first kappa shape index (κ1) is 13.5. The number of benzene rings is 1. The standard InChI is InChI=1S/C16H17N3O2/c1-10-9-14(19-16(21)17-10)18-15(20)13-8-4-6-11-5-2-3-7-12(11)13/h2-3,5,7,9,13H,4,6,8H2,1H3,(H2,17,18,19,20,21)/t13-/m0/s1. The summed E-state index contributed by atoms with van der Waals surface area (Å²) in [5, 5.41) is 2.76. The molecule has 0 saturated heterocycles. The molecule has 1 aliphatic rings. The molecule has 0 spiro atoms. The van der Waals surface area contributed by atoms with E-state index in [-0.39, 0.29) is 11.8 Å². The van der Waals surface area contributed by atoms with Crippen molar-refractivity contribution in [3.63, 3.8) is 0 Å². The first-order valence-electron chi connectivity index (χ1n) is 7.10. The van der Waals surface area contributed by atoms with Crippen molar-refractivity contribution in [3.8, 4) is 0 Å². The van der Waals surface area contributed by atoms with Crippen molar-refractivity contribution in [3.05, 3.63) is 57.6 Å². The Morgan fingerprint density at radius 2 is 2.19 bits per heavy atom. The Kier molecular flexibility index (Phi) is 3.56. The number of aryl methyl sites for hydroxylation is 2. The van der Waals surface area contributed by atoms with Gasteiger partial charge in [0.2, 0.25) is 5.91 Å². The fourth-order valence-corrected chi connectivity index (χ4v) is 2.88. The zero-order chi connectivity index (χ0) is 14.8. The van der Waals surface area contributed by atoms with Gasteiger partial charge in [-0.05, 0) is 37.3 Å². The van der Waals surface area contributed by atoms with Crippen LogP contribution in [0.15, 0.2) is 35.1 Å². The lowest BCUT2D eigenvalue weighted by atomic mass is 9.82. The van der Waals surface area contributed by atoms with Crippen LogP contribution in [0.1, 0.15) is 35.6 Å². The Labute approximate surface area is 122 Å². The summed E-state index contributed by atoms with van der Waals surface area (Å²) in [6.07, 6.45) is 2.84. The number of carbonyl (C=O) groups is 1. The number of hydrogen-bond acceptors (Lipinski definition) is 3. The fraction of sp³-hybridized carbons (Fsp3) is 0.312. The Morgan fingerprint density at radius 3 is 3.00 bits per heavy atom. The number of nitrogens with one attached hydrogen (secondary N) is 2. The molecular formula is C16H17N3O2. The van der Waals surface area contributed by atoms with Gasteiger partial charge in [-0.15, -0.1) is 0 Å². The summed E-state index contributed by atoms with van der Waals surface area (Å²) >= 11 is 0. The summed E-state index contributed by atoms with van der Waals surface area (Å²) in [6.45, 7) is 1.76. The molecule has 1 aromatic carbocycles. The van der Waals surface area contributed by atoms with E-state index >= 15 is 0 Å². The molecule has 0 radical (unpaired) electrons. The van der Waals surface area contributed by atoms with Crippen molar-refractivity contribution in [2.45, 2.75) is 32.1 Å². The summed E-state index contributed by atoms with van der Waals surface area (Å²) in [5.74, 6) is 0.0419. The first-order valence-corrected chi connectivity index (χ1v) is 7.10. The van der Waals surface area contributed by atoms with Gasteiger partial charge in [-0.1, -0.05) is 24.3 Å². The predicted molar refractivity (Wildman–Crippen MR) is 80.3 cm³/mol. The van der Waals surface area contributed by atoms with Crippen LogP contribution in [0.2, 0.25) is 0 Å². The van der Waals surface area contributed by atoms with Crippen LogP contribution in [0.3, 0.4) is 0 Å². The number of nitrogens with zero attached hydrogens (tertiary/aromatic N) is 1. The molecule has 0 fully saturated rings. The zero-order valence-electron chi connectivity index (χ0n) is 11.8. The highest BCUT2D eigenvalue weighted by Crippen LogP contribution is 2.32. The highest BCUT2D eigenvalue weighted by atomic mass is 16.2. The normalized spacial score (nSPS) is 17.1. The van der Waals surface area contributed by atoms with Crippen molar-refractivity contribution in [1.82, 2.24) is 9.97 Å². The van der Waals surface area contributed by atoms with Crippen LogP contribution in [0, 0.1) is 6.92 Å². The van der Waals surface area contributed by atoms with E-state index in [9.17, 15) is 9.59 Å². The van der Waals surface area contributed by atoms with Gasteiger partial charge in [-0.25, -0.2) is 4.79 Å². The van der Waals surface area contributed by atoms with E-state index in [4.69, 9.17) is 0 Å². The SMILES string of the molecule is Cc1cc(NC(=O)[C@H]2CCCc3ccccc32)nc(=O)[nH]1. The Bertz CT molecular complexity index is 736. The number of H-pyrrole nitrogens is 1. The molecule has 5 nitrogen and oxygen atoms in total. The smallest absolute Gasteiger partial charge is 0.310 e. The van der Waals surface area contributed by atoms with Crippen molar-refractivity contribution >= 4 is 11.7 Å². The van der Waals surface area contributed by atoms with Gasteiger partial charge in [-0.3, -0.25) is 4.79 Å². The van der Waals surface area contributed by atoms with E-state index < -0.39 is 5.69 Å². The summed E-state index contributed by atoms with van der Waals surface area (Å²) in [4.78, 5) is 30.2. The average Bonchev–Trinajstić information content (AvgIpc) is 2.45. The van der Waals surface area contributed by atoms with Crippen LogP contribution >= 0.6 is 0 Å². The maximum atomic E-state index is 12.5. The molecule has 1 heterocycles. The third-order valence-corrected chi connectivity index (χ3v) is 3.82. The summed E-state index contributed by atoms with van der Waals surface area (Å²) in [7, 11) is 0. The number of fused-ring (bicyclic) bond motifs is 1. The summed E-state index contributed by atoms with van der Waals surface area (Å²) < 4.78 is 0. The minimum absolute atomic E-state index is 0.0975. The minimum atomic E-state index is -0.450. The van der Waals surface area contributed by atoms with E-state index in [1.165, 1.54) is 5.56 Å². The van der Waals surface area contributed by atoms with Gasteiger partial charge in [0.1, 0.15) is 5.82 Å². The second-order valence-corrected chi connectivity index (χ2v) is 5.39. The Hall–Kier alpha value is -2.43. The third-order valence-electron chi connectivity index (χ3n) is 3.82. The fourth-order valence-electron chi connectivity index (χ4n) is 2.88. The molecule has 1 atom stereocenters. The van der Waals surface area contributed by atoms with Crippen molar-refractivity contribution in [1.29, 1.82) is 0 Å². The number of aromatic amines is 1. The van der Waals surface area contributed by atoms with Crippen LogP contribution in [-0.2, 0) is 11.2 Å². The van der Waals surface area contributed by atoms with E-state index in [1.54, 1.807) is 13.0 Å². The zero-order valence-corrected chi connectivity index (χ0v) is 11.8. The highest BCUT2D eigenvalue weighted by molar-refractivity contribution is 5.95. The van der Waals surface area contributed by atoms with Crippen molar-refractivity contribution in [2.75, 3.05) is 5.32 Å². The molecule has 2 aromatic rings. The molecule has 2 N–H and O–H groups in total. The lowest BCUT2D eigenvalue weighted by Crippen LogP contribution is -2.26. The number of anilines is 1. The number of aromatic nitrogens is 2. The monoisotopic (exact) mass is 283 g/mol. The molecule has 0 aliphatic heterocycles. The quantitative estimate of drug-likeness (QED) is 0.886. The van der Waals surface area contributed by atoms with Gasteiger partial charge in [0.25, 0.3) is 0 Å². The summed E-state index contributed by atoms with van der Waals surface area (Å²) in [5.41, 5.74) is 2.55. The van der Waals surface area contributed by atoms with Gasteiger partial charge in [0, 0.05) is 11.8 Å². The van der Waals surface area contributed by atoms with E-state index in [0.717, 1.165) is 24.8 Å². The van der Waals surface area contributed by atoms with Gasteiger partial charge < -0.3 is 10.3 Å². The second-order valence-electron chi connectivity index (χ2n) is 5.39. The third kappa shape index (κ3) is 2.86. The summed E-state index contributed by atoms with van der Waals surface area (Å²) in [6, 6.07) is 9.70. The topological polar surface area (TPSA) is 74.8 Å². The van der Waals surface area contributed by atoms with E-state index in [2.05, 4.69) is 21.4 Å². The molecule has 3 rings (SSSR count). The minimum Gasteiger partial charge on any atom is -0.310 e. The maximum Gasteiger partial charge on any atom is 0.347 e. The molecule has 0 bridgehead atoms. The Balaban J connectivity index is 1.85. The molecule has 0 unspecified atom stereocenters. The van der Waals surface area contributed by atoms with Crippen molar-refractivity contribution < 1.29 is 4.79 Å². The van der Waals surface area contributed by atoms with Crippen LogP contribution in [0.5, 0.6) is 0 Å². The van der Waals surface area contributed by atoms with Crippen LogP contribution in [-0.4, -0.2) is 15.9 Å². The predicted octanol–water partition coefficient (Wildman–Crippen LogP) is 2.14. The molecule has 0 saturated carbocycles. The average molecular weight is 283 g/mol. The van der Waals surface area contributed by atoms with Gasteiger partial charge in [0.05, 0.1) is 5.92 Å².